The van der Waals surface area contributed by atoms with Gasteiger partial charge >= 0.3 is 5.97 Å². The zero-order valence-electron chi connectivity index (χ0n) is 12.5. The maximum atomic E-state index is 11.9. The number of benzene rings is 1. The van der Waals surface area contributed by atoms with Crippen LogP contribution in [0.25, 0.3) is 0 Å². The first kappa shape index (κ1) is 18.4. The fourth-order valence-electron chi connectivity index (χ4n) is 2.13. The van der Waals surface area contributed by atoms with Crippen molar-refractivity contribution in [3.05, 3.63) is 29.8 Å². The molecule has 7 heteroatoms. The molecule has 2 N–H and O–H groups in total. The number of halogens is 1. The van der Waals surface area contributed by atoms with Gasteiger partial charge in [-0.05, 0) is 17.7 Å². The number of nitrogens with one attached hydrogen (secondary N) is 2. The number of methoxy groups -OCH3 is 1. The molecule has 122 valence electrons. The Morgan fingerprint density at radius 2 is 2.09 bits per heavy atom. The van der Waals surface area contributed by atoms with Crippen LogP contribution in [0, 0.1) is 0 Å². The van der Waals surface area contributed by atoms with Crippen molar-refractivity contribution in [3.63, 3.8) is 0 Å². The molecule has 0 aromatic heterocycles. The summed E-state index contributed by atoms with van der Waals surface area (Å²) >= 11 is 0. The molecule has 0 aliphatic carbocycles. The van der Waals surface area contributed by atoms with Gasteiger partial charge < -0.3 is 20.1 Å². The van der Waals surface area contributed by atoms with Crippen LogP contribution in [0.15, 0.2) is 24.3 Å². The van der Waals surface area contributed by atoms with Crippen LogP contribution < -0.4 is 10.6 Å². The van der Waals surface area contributed by atoms with Gasteiger partial charge in [0.2, 0.25) is 5.91 Å². The van der Waals surface area contributed by atoms with Crippen molar-refractivity contribution in [2.24, 2.45) is 0 Å². The molecule has 0 saturated carbocycles. The Morgan fingerprint density at radius 3 is 2.68 bits per heavy atom. The molecule has 1 amide bonds. The van der Waals surface area contributed by atoms with E-state index in [1.54, 1.807) is 24.3 Å². The van der Waals surface area contributed by atoms with E-state index in [2.05, 4.69) is 15.4 Å². The smallest absolute Gasteiger partial charge is 0.309 e. The van der Waals surface area contributed by atoms with Crippen molar-refractivity contribution >= 4 is 30.0 Å². The standard InChI is InChI=1S/C15H20N2O4.ClH/c1-20-15(19)8-11-2-4-12(5-3-11)17-14(18)9-13-10-21-7-6-16-13;/h2-5,13,16H,6-10H2,1H3,(H,17,18);1H. The van der Waals surface area contributed by atoms with E-state index < -0.39 is 0 Å². The number of amides is 1. The summed E-state index contributed by atoms with van der Waals surface area (Å²) in [6, 6.07) is 7.22. The van der Waals surface area contributed by atoms with Crippen LogP contribution in [0.1, 0.15) is 12.0 Å². The average molecular weight is 329 g/mol. The van der Waals surface area contributed by atoms with Crippen molar-refractivity contribution in [2.45, 2.75) is 18.9 Å². The second kappa shape index (κ2) is 9.40. The molecule has 2 rings (SSSR count). The Labute approximate surface area is 136 Å². The Bertz CT molecular complexity index is 487. The summed E-state index contributed by atoms with van der Waals surface area (Å²) < 4.78 is 9.92. The van der Waals surface area contributed by atoms with Crippen LogP contribution in [0.3, 0.4) is 0 Å². The molecule has 1 aliphatic rings. The van der Waals surface area contributed by atoms with Crippen molar-refractivity contribution < 1.29 is 19.1 Å². The molecule has 1 atom stereocenters. The summed E-state index contributed by atoms with van der Waals surface area (Å²) in [7, 11) is 1.36. The highest BCUT2D eigenvalue weighted by atomic mass is 35.5. The first-order chi connectivity index (χ1) is 10.2. The second-order valence-corrected chi connectivity index (χ2v) is 4.93. The molecule has 6 nitrogen and oxygen atoms in total. The lowest BCUT2D eigenvalue weighted by Gasteiger charge is -2.23. The molecule has 22 heavy (non-hydrogen) atoms. The number of anilines is 1. The molecule has 1 aromatic rings. The minimum atomic E-state index is -0.282. The lowest BCUT2D eigenvalue weighted by molar-refractivity contribution is -0.139. The highest BCUT2D eigenvalue weighted by molar-refractivity contribution is 5.91. The van der Waals surface area contributed by atoms with E-state index >= 15 is 0 Å². The van der Waals surface area contributed by atoms with Gasteiger partial charge in [-0.15, -0.1) is 12.4 Å². The van der Waals surface area contributed by atoms with Crippen LogP contribution in [-0.4, -0.2) is 44.8 Å². The summed E-state index contributed by atoms with van der Waals surface area (Å²) in [4.78, 5) is 23.1. The predicted octanol–water partition coefficient (Wildman–Crippen LogP) is 1.14. The maximum Gasteiger partial charge on any atom is 0.309 e. The Balaban J connectivity index is 0.00000242. The molecular formula is C15H21ClN2O4. The number of hydrogen-bond acceptors (Lipinski definition) is 5. The van der Waals surface area contributed by atoms with Crippen LogP contribution in [0.4, 0.5) is 5.69 Å². The zero-order valence-corrected chi connectivity index (χ0v) is 13.3. The fraction of sp³-hybridized carbons (Fsp3) is 0.467. The fourth-order valence-corrected chi connectivity index (χ4v) is 2.13. The van der Waals surface area contributed by atoms with Gasteiger partial charge in [-0.2, -0.15) is 0 Å². The van der Waals surface area contributed by atoms with E-state index in [9.17, 15) is 9.59 Å². The van der Waals surface area contributed by atoms with Crippen LogP contribution >= 0.6 is 12.4 Å². The van der Waals surface area contributed by atoms with Gasteiger partial charge in [0.05, 0.1) is 26.7 Å². The van der Waals surface area contributed by atoms with Gasteiger partial charge in [0.1, 0.15) is 0 Å². The van der Waals surface area contributed by atoms with Crippen LogP contribution in [-0.2, 0) is 25.5 Å². The third-order valence-corrected chi connectivity index (χ3v) is 3.24. The van der Waals surface area contributed by atoms with E-state index in [1.807, 2.05) is 0 Å². The summed E-state index contributed by atoms with van der Waals surface area (Å²) in [5, 5.41) is 6.07. The molecule has 0 bridgehead atoms. The van der Waals surface area contributed by atoms with Crippen molar-refractivity contribution in [2.75, 3.05) is 32.2 Å². The first-order valence-corrected chi connectivity index (χ1v) is 6.94. The van der Waals surface area contributed by atoms with Crippen molar-refractivity contribution in [3.8, 4) is 0 Å². The third kappa shape index (κ3) is 6.01. The number of rotatable bonds is 5. The van der Waals surface area contributed by atoms with Gasteiger partial charge in [0.15, 0.2) is 0 Å². The largest absolute Gasteiger partial charge is 0.469 e. The zero-order chi connectivity index (χ0) is 15.1. The van der Waals surface area contributed by atoms with Gasteiger partial charge in [-0.1, -0.05) is 12.1 Å². The summed E-state index contributed by atoms with van der Waals surface area (Å²) in [6.45, 7) is 2.03. The van der Waals surface area contributed by atoms with Gasteiger partial charge in [0, 0.05) is 24.7 Å². The van der Waals surface area contributed by atoms with E-state index in [0.717, 1.165) is 12.1 Å². The molecular weight excluding hydrogens is 308 g/mol. The summed E-state index contributed by atoms with van der Waals surface area (Å²) in [5.74, 6) is -0.339. The van der Waals surface area contributed by atoms with Crippen molar-refractivity contribution in [1.82, 2.24) is 5.32 Å². The summed E-state index contributed by atoms with van der Waals surface area (Å²) in [5.41, 5.74) is 1.56. The third-order valence-electron chi connectivity index (χ3n) is 3.24. The predicted molar refractivity (Wildman–Crippen MR) is 85.3 cm³/mol. The Morgan fingerprint density at radius 1 is 1.36 bits per heavy atom. The van der Waals surface area contributed by atoms with E-state index in [-0.39, 0.29) is 36.7 Å². The molecule has 0 radical (unpaired) electrons. The molecule has 1 aromatic carbocycles. The summed E-state index contributed by atoms with van der Waals surface area (Å²) in [6.07, 6.45) is 0.609. The normalized spacial score (nSPS) is 17.2. The topological polar surface area (TPSA) is 76.7 Å². The second-order valence-electron chi connectivity index (χ2n) is 4.93. The Hall–Kier alpha value is -1.63. The highest BCUT2D eigenvalue weighted by Gasteiger charge is 2.16. The van der Waals surface area contributed by atoms with Crippen LogP contribution in [0.5, 0.6) is 0 Å². The SMILES string of the molecule is COC(=O)Cc1ccc(NC(=O)CC2COCCN2)cc1.Cl. The van der Waals surface area contributed by atoms with E-state index in [1.165, 1.54) is 7.11 Å². The molecule has 1 saturated heterocycles. The number of ether oxygens (including phenoxy) is 2. The minimum Gasteiger partial charge on any atom is -0.469 e. The Kier molecular flexibility index (Phi) is 7.87. The molecule has 1 aliphatic heterocycles. The first-order valence-electron chi connectivity index (χ1n) is 6.94. The van der Waals surface area contributed by atoms with Gasteiger partial charge in [-0.3, -0.25) is 9.59 Å². The number of carbonyl (C=O) groups is 2. The van der Waals surface area contributed by atoms with Gasteiger partial charge in [-0.25, -0.2) is 0 Å². The number of hydrogen-bond donors (Lipinski definition) is 2. The monoisotopic (exact) mass is 328 g/mol. The molecule has 0 spiro atoms. The minimum absolute atomic E-state index is 0. The lowest BCUT2D eigenvalue weighted by Crippen LogP contribution is -2.43. The van der Waals surface area contributed by atoms with Crippen molar-refractivity contribution in [1.29, 1.82) is 0 Å². The van der Waals surface area contributed by atoms with E-state index in [0.29, 0.717) is 25.3 Å². The average Bonchev–Trinajstić information content (AvgIpc) is 2.50. The number of morpholine rings is 1. The quantitative estimate of drug-likeness (QED) is 0.793. The van der Waals surface area contributed by atoms with Crippen LogP contribution in [0.2, 0.25) is 0 Å². The highest BCUT2D eigenvalue weighted by Crippen LogP contribution is 2.11. The molecule has 1 unspecified atom stereocenters. The number of esters is 1. The molecule has 1 fully saturated rings. The molecule has 1 heterocycles. The maximum absolute atomic E-state index is 11.9. The van der Waals surface area contributed by atoms with Gasteiger partial charge in [0.25, 0.3) is 0 Å². The number of carbonyl (C=O) groups excluding carboxylic acids is 2. The van der Waals surface area contributed by atoms with E-state index in [4.69, 9.17) is 4.74 Å². The lowest BCUT2D eigenvalue weighted by atomic mass is 10.1.